The number of nitrogens with one attached hydrogen (secondary N) is 1. The van der Waals surface area contributed by atoms with E-state index >= 15 is 0 Å². The second-order valence-corrected chi connectivity index (χ2v) is 3.79. The Kier molecular flexibility index (Phi) is 5.10. The zero-order chi connectivity index (χ0) is 11.1. The van der Waals surface area contributed by atoms with Crippen LogP contribution in [0.15, 0.2) is 0 Å². The van der Waals surface area contributed by atoms with Gasteiger partial charge in [-0.1, -0.05) is 12.8 Å². The second-order valence-electron chi connectivity index (χ2n) is 3.79. The fourth-order valence-electron chi connectivity index (χ4n) is 1.71. The van der Waals surface area contributed by atoms with Crippen molar-refractivity contribution >= 4 is 11.9 Å². The molecule has 0 saturated carbocycles. The van der Waals surface area contributed by atoms with Gasteiger partial charge in [0.05, 0.1) is 13.1 Å². The number of likely N-dealkylation sites (tertiary alicyclic amines) is 1. The van der Waals surface area contributed by atoms with Crippen molar-refractivity contribution < 1.29 is 14.7 Å². The molecule has 0 radical (unpaired) electrons. The van der Waals surface area contributed by atoms with E-state index in [1.165, 1.54) is 12.8 Å². The summed E-state index contributed by atoms with van der Waals surface area (Å²) >= 11 is 0. The zero-order valence-corrected chi connectivity index (χ0v) is 8.87. The minimum Gasteiger partial charge on any atom is -0.480 e. The molecule has 0 spiro atoms. The molecule has 1 fully saturated rings. The highest BCUT2D eigenvalue weighted by Gasteiger charge is 2.14. The van der Waals surface area contributed by atoms with Crippen LogP contribution in [-0.2, 0) is 9.59 Å². The summed E-state index contributed by atoms with van der Waals surface area (Å²) in [5.74, 6) is -0.920. The van der Waals surface area contributed by atoms with Crippen LogP contribution in [-0.4, -0.2) is 48.1 Å². The predicted molar refractivity (Wildman–Crippen MR) is 55.6 cm³/mol. The molecule has 0 unspecified atom stereocenters. The quantitative estimate of drug-likeness (QED) is 0.694. The van der Waals surface area contributed by atoms with Gasteiger partial charge in [0.1, 0.15) is 0 Å². The molecule has 1 saturated heterocycles. The lowest BCUT2D eigenvalue weighted by molar-refractivity contribution is -0.136. The number of aliphatic carboxylic acids is 1. The molecule has 5 heteroatoms. The number of rotatable bonds is 4. The summed E-state index contributed by atoms with van der Waals surface area (Å²) < 4.78 is 0. The molecular weight excluding hydrogens is 196 g/mol. The molecule has 86 valence electrons. The van der Waals surface area contributed by atoms with Crippen LogP contribution in [0, 0.1) is 0 Å². The Bertz CT molecular complexity index is 223. The number of carboxylic acids is 1. The van der Waals surface area contributed by atoms with E-state index in [0.717, 1.165) is 25.9 Å². The number of hydrogen-bond acceptors (Lipinski definition) is 3. The molecule has 1 amide bonds. The molecule has 0 atom stereocenters. The maximum absolute atomic E-state index is 11.6. The standard InChI is InChI=1S/C10H18N2O3/c13-9(7-11-8-10(14)15)12-5-3-1-2-4-6-12/h11H,1-8H2,(H,14,15). The van der Waals surface area contributed by atoms with Gasteiger partial charge in [0.25, 0.3) is 0 Å². The predicted octanol–water partition coefficient (Wildman–Crippen LogP) is 0.0632. The van der Waals surface area contributed by atoms with Crippen LogP contribution in [0.1, 0.15) is 25.7 Å². The van der Waals surface area contributed by atoms with E-state index in [4.69, 9.17) is 5.11 Å². The van der Waals surface area contributed by atoms with Crippen molar-refractivity contribution in [1.29, 1.82) is 0 Å². The van der Waals surface area contributed by atoms with Gasteiger partial charge in [-0.3, -0.25) is 14.9 Å². The molecule has 0 aromatic carbocycles. The summed E-state index contributed by atoms with van der Waals surface area (Å²) in [5.41, 5.74) is 0. The zero-order valence-electron chi connectivity index (χ0n) is 8.87. The molecule has 0 aromatic heterocycles. The molecule has 2 N–H and O–H groups in total. The topological polar surface area (TPSA) is 69.6 Å². The molecule has 1 aliphatic heterocycles. The average molecular weight is 214 g/mol. The minimum absolute atomic E-state index is 0.0122. The first-order valence-electron chi connectivity index (χ1n) is 5.40. The van der Waals surface area contributed by atoms with Crippen LogP contribution in [0.5, 0.6) is 0 Å². The fraction of sp³-hybridized carbons (Fsp3) is 0.800. The third-order valence-corrected chi connectivity index (χ3v) is 2.51. The number of carboxylic acid groups (broad SMARTS) is 1. The van der Waals surface area contributed by atoms with E-state index in [1.54, 1.807) is 0 Å². The highest BCUT2D eigenvalue weighted by atomic mass is 16.4. The first-order chi connectivity index (χ1) is 7.20. The first-order valence-corrected chi connectivity index (χ1v) is 5.40. The summed E-state index contributed by atoms with van der Waals surface area (Å²) in [7, 11) is 0. The van der Waals surface area contributed by atoms with Gasteiger partial charge in [-0.15, -0.1) is 0 Å². The number of nitrogens with zero attached hydrogens (tertiary/aromatic N) is 1. The molecule has 0 bridgehead atoms. The van der Waals surface area contributed by atoms with Gasteiger partial charge in [0.2, 0.25) is 5.91 Å². The number of carbonyl (C=O) groups excluding carboxylic acids is 1. The third-order valence-electron chi connectivity index (χ3n) is 2.51. The number of hydrogen-bond donors (Lipinski definition) is 2. The summed E-state index contributed by atoms with van der Waals surface area (Å²) in [6, 6.07) is 0. The van der Waals surface area contributed by atoms with Gasteiger partial charge in [0, 0.05) is 13.1 Å². The average Bonchev–Trinajstić information content (AvgIpc) is 2.44. The van der Waals surface area contributed by atoms with E-state index in [-0.39, 0.29) is 19.0 Å². The summed E-state index contributed by atoms with van der Waals surface area (Å²) in [4.78, 5) is 23.6. The molecule has 1 rings (SSSR count). The van der Waals surface area contributed by atoms with E-state index in [0.29, 0.717) is 0 Å². The monoisotopic (exact) mass is 214 g/mol. The Morgan fingerprint density at radius 3 is 2.20 bits per heavy atom. The molecule has 5 nitrogen and oxygen atoms in total. The maximum Gasteiger partial charge on any atom is 0.317 e. The van der Waals surface area contributed by atoms with Crippen LogP contribution in [0.4, 0.5) is 0 Å². The maximum atomic E-state index is 11.6. The molecule has 0 aromatic rings. The number of carbonyl (C=O) groups is 2. The third kappa shape index (κ3) is 4.78. The van der Waals surface area contributed by atoms with Gasteiger partial charge in [-0.25, -0.2) is 0 Å². The van der Waals surface area contributed by atoms with Gasteiger partial charge < -0.3 is 10.0 Å². The second kappa shape index (κ2) is 6.40. The van der Waals surface area contributed by atoms with Crippen LogP contribution in [0.3, 0.4) is 0 Å². The largest absolute Gasteiger partial charge is 0.480 e. The van der Waals surface area contributed by atoms with E-state index < -0.39 is 5.97 Å². The van der Waals surface area contributed by atoms with Crippen molar-refractivity contribution in [2.75, 3.05) is 26.2 Å². The molecule has 0 aliphatic carbocycles. The van der Waals surface area contributed by atoms with Crippen LogP contribution in [0.25, 0.3) is 0 Å². The summed E-state index contributed by atoms with van der Waals surface area (Å²) in [5, 5.41) is 11.0. The van der Waals surface area contributed by atoms with Crippen molar-refractivity contribution in [3.05, 3.63) is 0 Å². The molecule has 1 aliphatic rings. The molecule has 15 heavy (non-hydrogen) atoms. The molecule has 1 heterocycles. The Morgan fingerprint density at radius 1 is 1.07 bits per heavy atom. The fourth-order valence-corrected chi connectivity index (χ4v) is 1.71. The summed E-state index contributed by atoms with van der Waals surface area (Å²) in [6.07, 6.45) is 4.49. The van der Waals surface area contributed by atoms with Crippen molar-refractivity contribution in [2.45, 2.75) is 25.7 Å². The normalized spacial score (nSPS) is 17.2. The van der Waals surface area contributed by atoms with E-state index in [9.17, 15) is 9.59 Å². The number of amides is 1. The van der Waals surface area contributed by atoms with Crippen molar-refractivity contribution in [3.63, 3.8) is 0 Å². The Labute approximate surface area is 89.4 Å². The SMILES string of the molecule is O=C(O)CNCC(=O)N1CCCCCC1. The lowest BCUT2D eigenvalue weighted by atomic mass is 10.2. The van der Waals surface area contributed by atoms with Crippen LogP contribution < -0.4 is 5.32 Å². The van der Waals surface area contributed by atoms with E-state index in [2.05, 4.69) is 5.32 Å². The first kappa shape index (κ1) is 12.0. The Morgan fingerprint density at radius 2 is 1.67 bits per heavy atom. The summed E-state index contributed by atoms with van der Waals surface area (Å²) in [6.45, 7) is 1.60. The van der Waals surface area contributed by atoms with Gasteiger partial charge in [-0.05, 0) is 12.8 Å². The van der Waals surface area contributed by atoms with Crippen molar-refractivity contribution in [3.8, 4) is 0 Å². The minimum atomic E-state index is -0.932. The van der Waals surface area contributed by atoms with Crippen LogP contribution >= 0.6 is 0 Å². The van der Waals surface area contributed by atoms with Gasteiger partial charge in [-0.2, -0.15) is 0 Å². The lowest BCUT2D eigenvalue weighted by Gasteiger charge is -2.20. The molecular formula is C10H18N2O3. The smallest absolute Gasteiger partial charge is 0.317 e. The highest BCUT2D eigenvalue weighted by molar-refractivity contribution is 5.79. The van der Waals surface area contributed by atoms with Gasteiger partial charge in [0.15, 0.2) is 0 Å². The Hall–Kier alpha value is -1.10. The van der Waals surface area contributed by atoms with Crippen molar-refractivity contribution in [1.82, 2.24) is 10.2 Å². The Balaban J connectivity index is 2.22. The lowest BCUT2D eigenvalue weighted by Crippen LogP contribution is -2.40. The van der Waals surface area contributed by atoms with Crippen molar-refractivity contribution in [2.24, 2.45) is 0 Å². The van der Waals surface area contributed by atoms with Crippen LogP contribution in [0.2, 0.25) is 0 Å². The highest BCUT2D eigenvalue weighted by Crippen LogP contribution is 2.09. The van der Waals surface area contributed by atoms with E-state index in [1.807, 2.05) is 4.90 Å². The van der Waals surface area contributed by atoms with Gasteiger partial charge >= 0.3 is 5.97 Å².